The van der Waals surface area contributed by atoms with Crippen LogP contribution >= 0.6 is 15.9 Å². The van der Waals surface area contributed by atoms with Gasteiger partial charge in [0.05, 0.1) is 0 Å². The third-order valence-corrected chi connectivity index (χ3v) is 6.37. The van der Waals surface area contributed by atoms with Gasteiger partial charge in [0.25, 0.3) is 0 Å². The van der Waals surface area contributed by atoms with E-state index >= 15 is 0 Å². The molecule has 1 unspecified atom stereocenters. The second-order valence-electron chi connectivity index (χ2n) is 8.14. The molecule has 3 rings (SSSR count). The molecule has 33 heavy (non-hydrogen) atoms. The van der Waals surface area contributed by atoms with Gasteiger partial charge >= 0.3 is 0 Å². The van der Waals surface area contributed by atoms with E-state index in [2.05, 4.69) is 52.4 Å². The number of hydrogen-bond acceptors (Lipinski definition) is 2. The van der Waals surface area contributed by atoms with E-state index < -0.39 is 6.04 Å². The number of aryl methyl sites for hydroxylation is 2. The van der Waals surface area contributed by atoms with Crippen LogP contribution in [0.2, 0.25) is 0 Å². The molecule has 0 spiro atoms. The van der Waals surface area contributed by atoms with Gasteiger partial charge in [0, 0.05) is 30.9 Å². The Bertz CT molecular complexity index is 1030. The summed E-state index contributed by atoms with van der Waals surface area (Å²) in [6, 6.07) is 25.5. The Morgan fingerprint density at radius 2 is 1.45 bits per heavy atom. The average molecular weight is 507 g/mol. The molecule has 172 valence electrons. The van der Waals surface area contributed by atoms with Crippen molar-refractivity contribution in [1.82, 2.24) is 10.2 Å². The topological polar surface area (TPSA) is 49.4 Å². The summed E-state index contributed by atoms with van der Waals surface area (Å²) in [5, 5.41) is 2.76. The summed E-state index contributed by atoms with van der Waals surface area (Å²) in [4.78, 5) is 28.2. The number of rotatable bonds is 10. The second kappa shape index (κ2) is 12.4. The van der Waals surface area contributed by atoms with Crippen molar-refractivity contribution in [3.05, 3.63) is 106 Å². The Balaban J connectivity index is 1.84. The highest BCUT2D eigenvalue weighted by Gasteiger charge is 2.29. The molecule has 0 saturated heterocycles. The first-order valence-electron chi connectivity index (χ1n) is 11.4. The minimum Gasteiger partial charge on any atom is -0.357 e. The summed E-state index contributed by atoms with van der Waals surface area (Å²) in [6.45, 7) is 2.51. The number of nitrogens with zero attached hydrogens (tertiary/aromatic N) is 1. The molecule has 4 nitrogen and oxygen atoms in total. The van der Waals surface area contributed by atoms with E-state index in [1.54, 1.807) is 11.9 Å². The first-order valence-corrected chi connectivity index (χ1v) is 12.2. The first kappa shape index (κ1) is 24.7. The van der Waals surface area contributed by atoms with E-state index in [-0.39, 0.29) is 11.8 Å². The van der Waals surface area contributed by atoms with Gasteiger partial charge in [0.2, 0.25) is 11.8 Å². The fourth-order valence-corrected chi connectivity index (χ4v) is 4.11. The summed E-state index contributed by atoms with van der Waals surface area (Å²) < 4.78 is 0.979. The second-order valence-corrected chi connectivity index (χ2v) is 9.05. The normalized spacial score (nSPS) is 11.6. The number of amides is 2. The summed E-state index contributed by atoms with van der Waals surface area (Å²) in [5.41, 5.74) is 4.42. The van der Waals surface area contributed by atoms with Crippen LogP contribution in [0.5, 0.6) is 0 Å². The minimum absolute atomic E-state index is 0.0259. The van der Waals surface area contributed by atoms with E-state index in [0.29, 0.717) is 25.8 Å². The zero-order valence-electron chi connectivity index (χ0n) is 19.3. The van der Waals surface area contributed by atoms with E-state index in [4.69, 9.17) is 0 Å². The van der Waals surface area contributed by atoms with E-state index in [1.165, 1.54) is 5.56 Å². The summed E-state index contributed by atoms with van der Waals surface area (Å²) in [6.07, 6.45) is 2.46. The van der Waals surface area contributed by atoms with Gasteiger partial charge in [-0.25, -0.2) is 0 Å². The predicted octanol–water partition coefficient (Wildman–Crippen LogP) is 5.33. The fourth-order valence-electron chi connectivity index (χ4n) is 3.84. The molecule has 5 heteroatoms. The Hall–Kier alpha value is -2.92. The lowest BCUT2D eigenvalue weighted by Crippen LogP contribution is -2.49. The lowest BCUT2D eigenvalue weighted by molar-refractivity contribution is -0.141. The van der Waals surface area contributed by atoms with E-state index in [9.17, 15) is 9.59 Å². The monoisotopic (exact) mass is 506 g/mol. The molecule has 0 saturated carbocycles. The van der Waals surface area contributed by atoms with Gasteiger partial charge < -0.3 is 10.2 Å². The Morgan fingerprint density at radius 3 is 2.06 bits per heavy atom. The maximum atomic E-state index is 13.5. The summed E-state index contributed by atoms with van der Waals surface area (Å²) in [7, 11) is 1.62. The molecule has 1 atom stereocenters. The number of hydrogen-bond donors (Lipinski definition) is 1. The van der Waals surface area contributed by atoms with Crippen molar-refractivity contribution in [3.8, 4) is 0 Å². The summed E-state index contributed by atoms with van der Waals surface area (Å²) in [5.74, 6) is -0.182. The third-order valence-electron chi connectivity index (χ3n) is 5.84. The number of carbonyl (C=O) groups excluding carboxylic acids is 2. The Morgan fingerprint density at radius 1 is 0.848 bits per heavy atom. The van der Waals surface area contributed by atoms with E-state index in [0.717, 1.165) is 27.6 Å². The first-order chi connectivity index (χ1) is 16.0. The lowest BCUT2D eigenvalue weighted by atomic mass is 10.0. The van der Waals surface area contributed by atoms with Gasteiger partial charge in [-0.15, -0.1) is 0 Å². The fraction of sp³-hybridized carbons (Fsp3) is 0.286. The van der Waals surface area contributed by atoms with Crippen LogP contribution in [0.3, 0.4) is 0 Å². The van der Waals surface area contributed by atoms with Crippen molar-refractivity contribution in [2.75, 3.05) is 7.05 Å². The molecule has 1 N–H and O–H groups in total. The maximum Gasteiger partial charge on any atom is 0.242 e. The zero-order valence-corrected chi connectivity index (χ0v) is 20.8. The van der Waals surface area contributed by atoms with Gasteiger partial charge in [-0.1, -0.05) is 89.6 Å². The highest BCUT2D eigenvalue weighted by molar-refractivity contribution is 9.10. The van der Waals surface area contributed by atoms with Crippen LogP contribution < -0.4 is 5.32 Å². The molecular formula is C28H31BrN2O2. The van der Waals surface area contributed by atoms with Gasteiger partial charge in [-0.2, -0.15) is 0 Å². The Labute approximate surface area is 205 Å². The summed E-state index contributed by atoms with van der Waals surface area (Å²) >= 11 is 3.46. The Kier molecular flexibility index (Phi) is 9.25. The molecule has 3 aromatic carbocycles. The molecule has 0 aliphatic carbocycles. The zero-order chi connectivity index (χ0) is 23.6. The van der Waals surface area contributed by atoms with Gasteiger partial charge in [-0.3, -0.25) is 9.59 Å². The maximum absolute atomic E-state index is 13.5. The number of carbonyl (C=O) groups is 2. The lowest BCUT2D eigenvalue weighted by Gasteiger charge is -2.31. The molecule has 0 aliphatic heterocycles. The molecule has 0 bridgehead atoms. The van der Waals surface area contributed by atoms with Crippen molar-refractivity contribution < 1.29 is 9.59 Å². The molecule has 0 aliphatic rings. The molecule has 0 heterocycles. The van der Waals surface area contributed by atoms with Crippen molar-refractivity contribution in [2.45, 2.75) is 45.2 Å². The van der Waals surface area contributed by atoms with Crippen LogP contribution in [0, 0.1) is 0 Å². The average Bonchev–Trinajstić information content (AvgIpc) is 2.86. The van der Waals surface area contributed by atoms with Crippen molar-refractivity contribution in [1.29, 1.82) is 0 Å². The van der Waals surface area contributed by atoms with Crippen LogP contribution in [0.1, 0.15) is 35.6 Å². The standard InChI is InChI=1S/C28H31BrN2O2/c1-3-21-9-11-22(12-10-21)15-18-27(32)31(20-24-13-16-25(29)17-14-24)26(28(33)30-2)19-23-7-5-4-6-8-23/h4-14,16-17,26H,3,15,18-20H2,1-2H3,(H,30,33). The van der Waals surface area contributed by atoms with Crippen LogP contribution in [0.25, 0.3) is 0 Å². The third kappa shape index (κ3) is 7.29. The number of halogens is 1. The SMILES string of the molecule is CCc1ccc(CCC(=O)N(Cc2ccc(Br)cc2)C(Cc2ccccc2)C(=O)NC)cc1. The minimum atomic E-state index is -0.587. The van der Waals surface area contributed by atoms with Crippen LogP contribution in [-0.4, -0.2) is 29.8 Å². The van der Waals surface area contributed by atoms with Crippen molar-refractivity contribution in [2.24, 2.45) is 0 Å². The van der Waals surface area contributed by atoms with Crippen LogP contribution in [0.15, 0.2) is 83.3 Å². The smallest absolute Gasteiger partial charge is 0.242 e. The quantitative estimate of drug-likeness (QED) is 0.403. The molecule has 0 aromatic heterocycles. The number of likely N-dealkylation sites (N-methyl/N-ethyl adjacent to an activating group) is 1. The largest absolute Gasteiger partial charge is 0.357 e. The van der Waals surface area contributed by atoms with Gasteiger partial charge in [-0.05, 0) is 47.2 Å². The highest BCUT2D eigenvalue weighted by Crippen LogP contribution is 2.18. The van der Waals surface area contributed by atoms with E-state index in [1.807, 2.05) is 54.6 Å². The van der Waals surface area contributed by atoms with Crippen LogP contribution in [-0.2, 0) is 35.4 Å². The highest BCUT2D eigenvalue weighted by atomic mass is 79.9. The molecular weight excluding hydrogens is 476 g/mol. The molecule has 2 amide bonds. The molecule has 0 radical (unpaired) electrons. The van der Waals surface area contributed by atoms with Gasteiger partial charge in [0.15, 0.2) is 0 Å². The number of nitrogens with one attached hydrogen (secondary N) is 1. The van der Waals surface area contributed by atoms with Gasteiger partial charge in [0.1, 0.15) is 6.04 Å². The molecule has 3 aromatic rings. The number of benzene rings is 3. The van der Waals surface area contributed by atoms with Crippen LogP contribution in [0.4, 0.5) is 0 Å². The molecule has 0 fully saturated rings. The van der Waals surface area contributed by atoms with Crippen molar-refractivity contribution in [3.63, 3.8) is 0 Å². The predicted molar refractivity (Wildman–Crippen MR) is 137 cm³/mol. The van der Waals surface area contributed by atoms with Crippen molar-refractivity contribution >= 4 is 27.7 Å².